The summed E-state index contributed by atoms with van der Waals surface area (Å²) in [4.78, 5) is 0. The Hall–Kier alpha value is -1.02. The Kier molecular flexibility index (Phi) is 3.49. The normalized spacial score (nSPS) is 18.9. The zero-order chi connectivity index (χ0) is 11.5. The Morgan fingerprint density at radius 1 is 1.44 bits per heavy atom. The third kappa shape index (κ3) is 2.56. The molecule has 0 aliphatic heterocycles. The van der Waals surface area contributed by atoms with E-state index in [2.05, 4.69) is 26.0 Å². The molecule has 0 amide bonds. The average Bonchev–Trinajstić information content (AvgIpc) is 2.60. The molecule has 0 heterocycles. The minimum absolute atomic E-state index is 0.236. The first-order valence-corrected chi connectivity index (χ1v) is 6.18. The number of benzene rings is 1. The van der Waals surface area contributed by atoms with E-state index in [9.17, 15) is 0 Å². The van der Waals surface area contributed by atoms with E-state index in [-0.39, 0.29) is 6.04 Å². The quantitative estimate of drug-likeness (QED) is 0.844. The van der Waals surface area contributed by atoms with Crippen molar-refractivity contribution in [3.63, 3.8) is 0 Å². The molecule has 0 saturated heterocycles. The SMILES string of the molecule is CC(C)CCOc1ccc2c(c1)CC[C@H]2N. The van der Waals surface area contributed by atoms with Gasteiger partial charge in [0.05, 0.1) is 6.61 Å². The molecule has 0 spiro atoms. The third-order valence-electron chi connectivity index (χ3n) is 3.20. The fourth-order valence-electron chi connectivity index (χ4n) is 2.13. The zero-order valence-corrected chi connectivity index (χ0v) is 10.2. The number of hydrogen-bond acceptors (Lipinski definition) is 2. The Morgan fingerprint density at radius 3 is 3.00 bits per heavy atom. The first-order chi connectivity index (χ1) is 7.66. The molecule has 16 heavy (non-hydrogen) atoms. The maximum atomic E-state index is 6.00. The summed E-state index contributed by atoms with van der Waals surface area (Å²) in [5.41, 5.74) is 8.67. The van der Waals surface area contributed by atoms with Gasteiger partial charge in [0.1, 0.15) is 5.75 Å². The number of rotatable bonds is 4. The number of hydrogen-bond donors (Lipinski definition) is 1. The van der Waals surface area contributed by atoms with Crippen LogP contribution in [0, 0.1) is 5.92 Å². The summed E-state index contributed by atoms with van der Waals surface area (Å²) < 4.78 is 5.74. The molecule has 0 unspecified atom stereocenters. The van der Waals surface area contributed by atoms with Crippen LogP contribution in [-0.2, 0) is 6.42 Å². The Morgan fingerprint density at radius 2 is 2.25 bits per heavy atom. The van der Waals surface area contributed by atoms with Crippen LogP contribution in [0.3, 0.4) is 0 Å². The highest BCUT2D eigenvalue weighted by Crippen LogP contribution is 2.31. The Labute approximate surface area is 97.8 Å². The third-order valence-corrected chi connectivity index (χ3v) is 3.20. The number of aryl methyl sites for hydroxylation is 1. The van der Waals surface area contributed by atoms with Gasteiger partial charge in [0, 0.05) is 6.04 Å². The molecular weight excluding hydrogens is 198 g/mol. The van der Waals surface area contributed by atoms with Gasteiger partial charge < -0.3 is 10.5 Å². The standard InChI is InChI=1S/C14H21NO/c1-10(2)7-8-16-12-4-5-13-11(9-12)3-6-14(13)15/h4-5,9-10,14H,3,6-8,15H2,1-2H3/t14-/m1/s1. The molecule has 0 radical (unpaired) electrons. The minimum atomic E-state index is 0.236. The highest BCUT2D eigenvalue weighted by atomic mass is 16.5. The molecule has 0 saturated carbocycles. The second-order valence-corrected chi connectivity index (χ2v) is 5.04. The molecule has 0 bridgehead atoms. The molecule has 1 aromatic rings. The lowest BCUT2D eigenvalue weighted by Crippen LogP contribution is -2.05. The van der Waals surface area contributed by atoms with Crippen LogP contribution in [0.4, 0.5) is 0 Å². The van der Waals surface area contributed by atoms with Crippen molar-refractivity contribution in [2.75, 3.05) is 6.61 Å². The molecule has 0 aromatic heterocycles. The van der Waals surface area contributed by atoms with Crippen molar-refractivity contribution < 1.29 is 4.74 Å². The van der Waals surface area contributed by atoms with Crippen molar-refractivity contribution in [2.24, 2.45) is 11.7 Å². The lowest BCUT2D eigenvalue weighted by Gasteiger charge is -2.10. The molecule has 1 aromatic carbocycles. The van der Waals surface area contributed by atoms with Crippen LogP contribution in [-0.4, -0.2) is 6.61 Å². The summed E-state index contributed by atoms with van der Waals surface area (Å²) in [6, 6.07) is 6.56. The molecule has 1 aliphatic rings. The van der Waals surface area contributed by atoms with Crippen LogP contribution in [0.1, 0.15) is 43.9 Å². The van der Waals surface area contributed by atoms with E-state index in [0.29, 0.717) is 5.92 Å². The number of nitrogens with two attached hydrogens (primary N) is 1. The zero-order valence-electron chi connectivity index (χ0n) is 10.2. The molecule has 2 heteroatoms. The van der Waals surface area contributed by atoms with Crippen LogP contribution in [0.15, 0.2) is 18.2 Å². The van der Waals surface area contributed by atoms with Crippen molar-refractivity contribution in [3.05, 3.63) is 29.3 Å². The van der Waals surface area contributed by atoms with Crippen LogP contribution < -0.4 is 10.5 Å². The molecule has 88 valence electrons. The second kappa shape index (κ2) is 4.88. The van der Waals surface area contributed by atoms with Gasteiger partial charge in [-0.3, -0.25) is 0 Å². The predicted molar refractivity (Wildman–Crippen MR) is 66.6 cm³/mol. The highest BCUT2D eigenvalue weighted by molar-refractivity contribution is 5.40. The maximum absolute atomic E-state index is 6.00. The highest BCUT2D eigenvalue weighted by Gasteiger charge is 2.18. The molecule has 2 N–H and O–H groups in total. The van der Waals surface area contributed by atoms with Gasteiger partial charge in [-0.2, -0.15) is 0 Å². The first-order valence-electron chi connectivity index (χ1n) is 6.18. The Balaban J connectivity index is 1.97. The number of ether oxygens (including phenoxy) is 1. The second-order valence-electron chi connectivity index (χ2n) is 5.04. The summed E-state index contributed by atoms with van der Waals surface area (Å²) >= 11 is 0. The van der Waals surface area contributed by atoms with E-state index >= 15 is 0 Å². The van der Waals surface area contributed by atoms with Gasteiger partial charge in [0.2, 0.25) is 0 Å². The molecule has 2 rings (SSSR count). The molecule has 0 fully saturated rings. The van der Waals surface area contributed by atoms with E-state index < -0.39 is 0 Å². The van der Waals surface area contributed by atoms with Crippen LogP contribution >= 0.6 is 0 Å². The summed E-state index contributed by atoms with van der Waals surface area (Å²) in [6.07, 6.45) is 3.28. The van der Waals surface area contributed by atoms with Crippen molar-refractivity contribution in [1.29, 1.82) is 0 Å². The van der Waals surface area contributed by atoms with Crippen LogP contribution in [0.25, 0.3) is 0 Å². The van der Waals surface area contributed by atoms with E-state index in [0.717, 1.165) is 31.6 Å². The summed E-state index contributed by atoms with van der Waals surface area (Å²) in [7, 11) is 0. The van der Waals surface area contributed by atoms with E-state index in [1.165, 1.54) is 11.1 Å². The van der Waals surface area contributed by atoms with E-state index in [1.807, 2.05) is 6.07 Å². The fourth-order valence-corrected chi connectivity index (χ4v) is 2.13. The van der Waals surface area contributed by atoms with Gasteiger partial charge in [-0.05, 0) is 48.4 Å². The predicted octanol–water partition coefficient (Wildman–Crippen LogP) is 3.06. The van der Waals surface area contributed by atoms with Gasteiger partial charge in [-0.25, -0.2) is 0 Å². The van der Waals surface area contributed by atoms with Gasteiger partial charge in [-0.15, -0.1) is 0 Å². The van der Waals surface area contributed by atoms with Crippen molar-refractivity contribution in [2.45, 2.75) is 39.2 Å². The summed E-state index contributed by atoms with van der Waals surface area (Å²) in [6.45, 7) is 5.23. The van der Waals surface area contributed by atoms with Gasteiger partial charge in [0.25, 0.3) is 0 Å². The maximum Gasteiger partial charge on any atom is 0.119 e. The van der Waals surface area contributed by atoms with Crippen molar-refractivity contribution in [3.8, 4) is 5.75 Å². The van der Waals surface area contributed by atoms with Gasteiger partial charge >= 0.3 is 0 Å². The van der Waals surface area contributed by atoms with Crippen LogP contribution in [0.2, 0.25) is 0 Å². The molecular formula is C14H21NO. The minimum Gasteiger partial charge on any atom is -0.494 e. The Bertz CT molecular complexity index is 360. The lowest BCUT2D eigenvalue weighted by atomic mass is 10.1. The average molecular weight is 219 g/mol. The summed E-state index contributed by atoms with van der Waals surface area (Å²) in [5, 5.41) is 0. The molecule has 1 atom stereocenters. The molecule has 2 nitrogen and oxygen atoms in total. The molecule has 1 aliphatic carbocycles. The van der Waals surface area contributed by atoms with E-state index in [4.69, 9.17) is 10.5 Å². The van der Waals surface area contributed by atoms with Gasteiger partial charge in [-0.1, -0.05) is 19.9 Å². The lowest BCUT2D eigenvalue weighted by molar-refractivity contribution is 0.289. The topological polar surface area (TPSA) is 35.2 Å². The van der Waals surface area contributed by atoms with Crippen molar-refractivity contribution in [1.82, 2.24) is 0 Å². The summed E-state index contributed by atoms with van der Waals surface area (Å²) in [5.74, 6) is 1.69. The van der Waals surface area contributed by atoms with E-state index in [1.54, 1.807) is 0 Å². The van der Waals surface area contributed by atoms with Crippen LogP contribution in [0.5, 0.6) is 5.75 Å². The monoisotopic (exact) mass is 219 g/mol. The smallest absolute Gasteiger partial charge is 0.119 e. The first kappa shape index (κ1) is 11.5. The largest absolute Gasteiger partial charge is 0.494 e. The fraction of sp³-hybridized carbons (Fsp3) is 0.571. The number of fused-ring (bicyclic) bond motifs is 1. The van der Waals surface area contributed by atoms with Crippen molar-refractivity contribution >= 4 is 0 Å². The van der Waals surface area contributed by atoms with Gasteiger partial charge in [0.15, 0.2) is 0 Å².